The van der Waals surface area contributed by atoms with Crippen molar-refractivity contribution in [1.82, 2.24) is 9.88 Å². The van der Waals surface area contributed by atoms with Gasteiger partial charge in [-0.25, -0.2) is 4.79 Å². The number of aromatic nitrogens is 1. The van der Waals surface area contributed by atoms with Crippen LogP contribution in [-0.4, -0.2) is 42.0 Å². The number of rotatable bonds is 1. The number of hydrogen-bond acceptors (Lipinski definition) is 4. The van der Waals surface area contributed by atoms with Gasteiger partial charge in [0, 0.05) is 24.7 Å². The van der Waals surface area contributed by atoms with E-state index in [2.05, 4.69) is 21.9 Å². The number of pyridine rings is 1. The van der Waals surface area contributed by atoms with Crippen LogP contribution in [-0.2, 0) is 14.3 Å². The molecule has 22 heavy (non-hydrogen) atoms. The predicted molar refractivity (Wildman–Crippen MR) is 82.3 cm³/mol. The summed E-state index contributed by atoms with van der Waals surface area (Å²) in [5.41, 5.74) is 2.27. The zero-order chi connectivity index (χ0) is 15.5. The van der Waals surface area contributed by atoms with Gasteiger partial charge < -0.3 is 9.64 Å². The van der Waals surface area contributed by atoms with Gasteiger partial charge in [-0.05, 0) is 36.5 Å². The molecule has 1 aromatic carbocycles. The Morgan fingerprint density at radius 3 is 2.64 bits per heavy atom. The van der Waals surface area contributed by atoms with Crippen molar-refractivity contribution in [2.24, 2.45) is 0 Å². The highest BCUT2D eigenvalue weighted by molar-refractivity contribution is 6.32. The molecule has 1 saturated heterocycles. The molecule has 5 nitrogen and oxygen atoms in total. The van der Waals surface area contributed by atoms with Crippen LogP contribution in [0.1, 0.15) is 24.3 Å². The van der Waals surface area contributed by atoms with Crippen LogP contribution in [0.4, 0.5) is 0 Å². The van der Waals surface area contributed by atoms with Gasteiger partial charge in [0.05, 0.1) is 12.6 Å². The van der Waals surface area contributed by atoms with Crippen LogP contribution in [0.3, 0.4) is 0 Å². The van der Waals surface area contributed by atoms with Gasteiger partial charge in [0.25, 0.3) is 0 Å². The van der Waals surface area contributed by atoms with Gasteiger partial charge in [-0.2, -0.15) is 0 Å². The zero-order valence-electron chi connectivity index (χ0n) is 12.5. The summed E-state index contributed by atoms with van der Waals surface area (Å²) in [5.74, 6) is -0.942. The number of carbonyl (C=O) groups is 2. The Morgan fingerprint density at radius 1 is 1.18 bits per heavy atom. The van der Waals surface area contributed by atoms with Gasteiger partial charge in [0.1, 0.15) is 0 Å². The lowest BCUT2D eigenvalue weighted by Crippen LogP contribution is -2.42. The molecule has 1 aliphatic heterocycles. The predicted octanol–water partition coefficient (Wildman–Crippen LogP) is 2.11. The maximum Gasteiger partial charge on any atom is 0.396 e. The number of hydrogen-bond donors (Lipinski definition) is 0. The molecule has 1 aliphatic rings. The molecule has 0 atom stereocenters. The molecule has 0 bridgehead atoms. The lowest BCUT2D eigenvalue weighted by atomic mass is 9.87. The van der Waals surface area contributed by atoms with E-state index in [-0.39, 0.29) is 0 Å². The first-order chi connectivity index (χ1) is 10.7. The summed E-state index contributed by atoms with van der Waals surface area (Å²) in [6.45, 7) is 1.16. The highest BCUT2D eigenvalue weighted by Gasteiger charge is 2.28. The van der Waals surface area contributed by atoms with E-state index in [0.717, 1.165) is 18.4 Å². The maximum atomic E-state index is 11.8. The molecule has 1 aromatic heterocycles. The summed E-state index contributed by atoms with van der Waals surface area (Å²) in [4.78, 5) is 29.1. The summed E-state index contributed by atoms with van der Waals surface area (Å²) in [6, 6.07) is 10.2. The summed E-state index contributed by atoms with van der Waals surface area (Å²) in [6.07, 6.45) is 3.52. The Bertz CT molecular complexity index is 701. The number of carbonyl (C=O) groups excluding carboxylic acids is 2. The fourth-order valence-corrected chi connectivity index (χ4v) is 3.08. The van der Waals surface area contributed by atoms with Gasteiger partial charge in [0.2, 0.25) is 0 Å². The van der Waals surface area contributed by atoms with Gasteiger partial charge in [-0.1, -0.05) is 18.2 Å². The normalized spacial score (nSPS) is 15.8. The van der Waals surface area contributed by atoms with E-state index >= 15 is 0 Å². The Kier molecular flexibility index (Phi) is 4.04. The highest BCUT2D eigenvalue weighted by atomic mass is 16.5. The number of nitrogens with zero attached hydrogens (tertiary/aromatic N) is 2. The fraction of sp³-hybridized carbons (Fsp3) is 0.353. The molecule has 3 rings (SSSR count). The number of amides is 1. The summed E-state index contributed by atoms with van der Waals surface area (Å²) in [7, 11) is 1.23. The molecule has 0 unspecified atom stereocenters. The van der Waals surface area contributed by atoms with E-state index in [9.17, 15) is 9.59 Å². The van der Waals surface area contributed by atoms with E-state index in [1.54, 1.807) is 4.90 Å². The van der Waals surface area contributed by atoms with Crippen molar-refractivity contribution >= 4 is 22.8 Å². The van der Waals surface area contributed by atoms with Crippen LogP contribution in [0.25, 0.3) is 10.9 Å². The molecule has 0 saturated carbocycles. The number of fused-ring (bicyclic) bond motifs is 1. The Balaban J connectivity index is 1.76. The molecule has 1 amide bonds. The second-order valence-corrected chi connectivity index (χ2v) is 5.48. The molecule has 2 heterocycles. The minimum Gasteiger partial charge on any atom is -0.462 e. The third-order valence-corrected chi connectivity index (χ3v) is 4.26. The lowest BCUT2D eigenvalue weighted by molar-refractivity contribution is -0.158. The third kappa shape index (κ3) is 2.66. The summed E-state index contributed by atoms with van der Waals surface area (Å²) >= 11 is 0. The molecule has 2 aromatic rings. The van der Waals surface area contributed by atoms with Gasteiger partial charge in [-0.3, -0.25) is 9.78 Å². The van der Waals surface area contributed by atoms with Crippen molar-refractivity contribution in [1.29, 1.82) is 0 Å². The average molecular weight is 298 g/mol. The first-order valence-electron chi connectivity index (χ1n) is 7.41. The quantitative estimate of drug-likeness (QED) is 0.597. The number of likely N-dealkylation sites (tertiary alicyclic amines) is 1. The third-order valence-electron chi connectivity index (χ3n) is 4.26. The molecule has 5 heteroatoms. The maximum absolute atomic E-state index is 11.8. The summed E-state index contributed by atoms with van der Waals surface area (Å²) < 4.78 is 4.50. The highest BCUT2D eigenvalue weighted by Crippen LogP contribution is 2.32. The summed E-state index contributed by atoms with van der Waals surface area (Å²) in [5, 5.41) is 1.17. The molecular formula is C17H18N2O3. The molecule has 0 radical (unpaired) electrons. The minimum atomic E-state index is -0.784. The molecule has 0 aliphatic carbocycles. The Hall–Kier alpha value is -2.43. The van der Waals surface area contributed by atoms with Crippen LogP contribution >= 0.6 is 0 Å². The molecule has 0 spiro atoms. The largest absolute Gasteiger partial charge is 0.462 e. The van der Waals surface area contributed by atoms with Crippen LogP contribution in [0, 0.1) is 0 Å². The second kappa shape index (κ2) is 6.13. The van der Waals surface area contributed by atoms with Crippen LogP contribution < -0.4 is 0 Å². The zero-order valence-corrected chi connectivity index (χ0v) is 12.5. The first-order valence-corrected chi connectivity index (χ1v) is 7.41. The SMILES string of the molecule is COC(=O)C(=O)N1CCC(c2ccnc3ccccc23)CC1. The number of benzene rings is 1. The second-order valence-electron chi connectivity index (χ2n) is 5.48. The number of ether oxygens (including phenoxy) is 1. The van der Waals surface area contributed by atoms with E-state index in [4.69, 9.17) is 0 Å². The Morgan fingerprint density at radius 2 is 1.91 bits per heavy atom. The topological polar surface area (TPSA) is 59.5 Å². The van der Waals surface area contributed by atoms with Gasteiger partial charge >= 0.3 is 11.9 Å². The van der Waals surface area contributed by atoms with Gasteiger partial charge in [-0.15, -0.1) is 0 Å². The number of para-hydroxylation sites is 1. The van der Waals surface area contributed by atoms with Crippen molar-refractivity contribution in [2.75, 3.05) is 20.2 Å². The van der Waals surface area contributed by atoms with Crippen molar-refractivity contribution < 1.29 is 14.3 Å². The molecule has 114 valence electrons. The standard InChI is InChI=1S/C17H18N2O3/c1-22-17(21)16(20)19-10-7-12(8-11-19)13-6-9-18-15-5-3-2-4-14(13)15/h2-6,9,12H,7-8,10-11H2,1H3. The smallest absolute Gasteiger partial charge is 0.396 e. The van der Waals surface area contributed by atoms with E-state index in [1.807, 2.05) is 24.4 Å². The van der Waals surface area contributed by atoms with Crippen molar-refractivity contribution in [3.05, 3.63) is 42.1 Å². The number of piperidine rings is 1. The fourth-order valence-electron chi connectivity index (χ4n) is 3.08. The molecular weight excluding hydrogens is 280 g/mol. The van der Waals surface area contributed by atoms with Crippen LogP contribution in [0.5, 0.6) is 0 Å². The molecule has 1 fully saturated rings. The first kappa shape index (κ1) is 14.5. The van der Waals surface area contributed by atoms with Gasteiger partial charge in [0.15, 0.2) is 0 Å². The van der Waals surface area contributed by atoms with Crippen molar-refractivity contribution in [2.45, 2.75) is 18.8 Å². The van der Waals surface area contributed by atoms with Crippen molar-refractivity contribution in [3.63, 3.8) is 0 Å². The minimum absolute atomic E-state index is 0.384. The Labute approximate surface area is 128 Å². The number of methoxy groups -OCH3 is 1. The van der Waals surface area contributed by atoms with Crippen LogP contribution in [0.15, 0.2) is 36.5 Å². The lowest BCUT2D eigenvalue weighted by Gasteiger charge is -2.31. The van der Waals surface area contributed by atoms with Crippen LogP contribution in [0.2, 0.25) is 0 Å². The van der Waals surface area contributed by atoms with Crippen molar-refractivity contribution in [3.8, 4) is 0 Å². The number of esters is 1. The van der Waals surface area contributed by atoms with E-state index < -0.39 is 11.9 Å². The monoisotopic (exact) mass is 298 g/mol. The van der Waals surface area contributed by atoms with E-state index in [1.165, 1.54) is 18.1 Å². The van der Waals surface area contributed by atoms with E-state index in [0.29, 0.717) is 19.0 Å². The average Bonchev–Trinajstić information content (AvgIpc) is 2.60. The molecule has 0 N–H and O–H groups in total.